The van der Waals surface area contributed by atoms with Crippen LogP contribution in [0.15, 0.2) is 0 Å². The standard InChI is InChI=1S/C11H22N2O2/c1-3-9(2)12-7-11(15)13-6-4-5-10(13)8-14/h9-10,12,14H,3-8H2,1-2H3/t9?,10-/m0/s1. The normalized spacial score (nSPS) is 23.1. The van der Waals surface area contributed by atoms with E-state index in [2.05, 4.69) is 19.2 Å². The van der Waals surface area contributed by atoms with Crippen molar-refractivity contribution in [2.45, 2.75) is 45.2 Å². The summed E-state index contributed by atoms with van der Waals surface area (Å²) < 4.78 is 0. The van der Waals surface area contributed by atoms with Gasteiger partial charge in [-0.25, -0.2) is 0 Å². The van der Waals surface area contributed by atoms with Gasteiger partial charge in [0.25, 0.3) is 0 Å². The Hall–Kier alpha value is -0.610. The molecule has 2 N–H and O–H groups in total. The van der Waals surface area contributed by atoms with E-state index in [1.807, 2.05) is 0 Å². The molecule has 4 nitrogen and oxygen atoms in total. The summed E-state index contributed by atoms with van der Waals surface area (Å²) in [6, 6.07) is 0.431. The smallest absolute Gasteiger partial charge is 0.236 e. The molecule has 1 rings (SSSR count). The molecule has 0 bridgehead atoms. The third-order valence-corrected chi connectivity index (χ3v) is 3.12. The zero-order valence-electron chi connectivity index (χ0n) is 9.70. The van der Waals surface area contributed by atoms with Crippen molar-refractivity contribution in [3.63, 3.8) is 0 Å². The number of amides is 1. The molecule has 1 aliphatic heterocycles. The van der Waals surface area contributed by atoms with Crippen LogP contribution < -0.4 is 5.32 Å². The summed E-state index contributed by atoms with van der Waals surface area (Å²) in [7, 11) is 0. The van der Waals surface area contributed by atoms with E-state index < -0.39 is 0 Å². The molecule has 0 aliphatic carbocycles. The van der Waals surface area contributed by atoms with Crippen LogP contribution in [0.1, 0.15) is 33.1 Å². The fraction of sp³-hybridized carbons (Fsp3) is 0.909. The molecular formula is C11H22N2O2. The molecule has 0 aromatic carbocycles. The Bertz CT molecular complexity index is 209. The second kappa shape index (κ2) is 6.08. The topological polar surface area (TPSA) is 52.6 Å². The number of aliphatic hydroxyl groups excluding tert-OH is 1. The fourth-order valence-electron chi connectivity index (χ4n) is 1.86. The fourth-order valence-corrected chi connectivity index (χ4v) is 1.86. The number of likely N-dealkylation sites (tertiary alicyclic amines) is 1. The Morgan fingerprint density at radius 2 is 2.40 bits per heavy atom. The first kappa shape index (κ1) is 12.5. The van der Waals surface area contributed by atoms with Crippen molar-refractivity contribution >= 4 is 5.91 Å². The highest BCUT2D eigenvalue weighted by molar-refractivity contribution is 5.78. The van der Waals surface area contributed by atoms with E-state index in [9.17, 15) is 4.79 Å². The number of carbonyl (C=O) groups is 1. The third kappa shape index (κ3) is 3.47. The van der Waals surface area contributed by atoms with E-state index in [1.54, 1.807) is 4.90 Å². The lowest BCUT2D eigenvalue weighted by Crippen LogP contribution is -2.44. The predicted molar refractivity (Wildman–Crippen MR) is 59.6 cm³/mol. The van der Waals surface area contributed by atoms with Gasteiger partial charge in [-0.3, -0.25) is 4.79 Å². The molecule has 1 amide bonds. The number of hydrogen-bond acceptors (Lipinski definition) is 3. The summed E-state index contributed by atoms with van der Waals surface area (Å²) in [5, 5.41) is 12.3. The van der Waals surface area contributed by atoms with E-state index in [0.29, 0.717) is 12.6 Å². The van der Waals surface area contributed by atoms with Crippen LogP contribution in [0.25, 0.3) is 0 Å². The Morgan fingerprint density at radius 3 is 3.00 bits per heavy atom. The number of hydrogen-bond donors (Lipinski definition) is 2. The molecule has 4 heteroatoms. The van der Waals surface area contributed by atoms with E-state index in [-0.39, 0.29) is 18.6 Å². The highest BCUT2D eigenvalue weighted by Crippen LogP contribution is 2.16. The van der Waals surface area contributed by atoms with Gasteiger partial charge in [0.05, 0.1) is 19.2 Å². The maximum Gasteiger partial charge on any atom is 0.236 e. The highest BCUT2D eigenvalue weighted by atomic mass is 16.3. The van der Waals surface area contributed by atoms with Gasteiger partial charge in [-0.15, -0.1) is 0 Å². The molecule has 88 valence electrons. The number of rotatable bonds is 5. The molecule has 2 atom stereocenters. The molecule has 1 heterocycles. The van der Waals surface area contributed by atoms with Crippen LogP contribution in [-0.4, -0.2) is 47.7 Å². The van der Waals surface area contributed by atoms with Crippen molar-refractivity contribution in [2.24, 2.45) is 0 Å². The Labute approximate surface area is 91.6 Å². The van der Waals surface area contributed by atoms with Crippen LogP contribution >= 0.6 is 0 Å². The average Bonchev–Trinajstić information content (AvgIpc) is 2.73. The van der Waals surface area contributed by atoms with Crippen LogP contribution in [0.3, 0.4) is 0 Å². The van der Waals surface area contributed by atoms with Gasteiger partial charge in [0.1, 0.15) is 0 Å². The number of carbonyl (C=O) groups excluding carboxylic acids is 1. The first-order valence-corrected chi connectivity index (χ1v) is 5.82. The van der Waals surface area contributed by atoms with E-state index in [1.165, 1.54) is 0 Å². The molecular weight excluding hydrogens is 192 g/mol. The minimum Gasteiger partial charge on any atom is -0.394 e. The molecule has 1 fully saturated rings. The zero-order valence-corrected chi connectivity index (χ0v) is 9.70. The molecule has 0 saturated carbocycles. The molecule has 0 radical (unpaired) electrons. The van der Waals surface area contributed by atoms with Crippen molar-refractivity contribution in [3.8, 4) is 0 Å². The lowest BCUT2D eigenvalue weighted by atomic mass is 10.2. The van der Waals surface area contributed by atoms with Crippen LogP contribution in [0, 0.1) is 0 Å². The zero-order chi connectivity index (χ0) is 11.3. The van der Waals surface area contributed by atoms with Gasteiger partial charge in [-0.2, -0.15) is 0 Å². The first-order valence-electron chi connectivity index (χ1n) is 5.82. The third-order valence-electron chi connectivity index (χ3n) is 3.12. The molecule has 0 spiro atoms. The van der Waals surface area contributed by atoms with Crippen LogP contribution in [0.4, 0.5) is 0 Å². The second-order valence-electron chi connectivity index (χ2n) is 4.26. The summed E-state index contributed by atoms with van der Waals surface area (Å²) >= 11 is 0. The van der Waals surface area contributed by atoms with Gasteiger partial charge in [0, 0.05) is 12.6 Å². The van der Waals surface area contributed by atoms with Gasteiger partial charge >= 0.3 is 0 Å². The Kier molecular flexibility index (Phi) is 5.05. The van der Waals surface area contributed by atoms with Crippen LogP contribution in [0.2, 0.25) is 0 Å². The Balaban J connectivity index is 2.33. The summed E-state index contributed by atoms with van der Waals surface area (Å²) in [4.78, 5) is 13.6. The van der Waals surface area contributed by atoms with Crippen molar-refractivity contribution in [3.05, 3.63) is 0 Å². The maximum absolute atomic E-state index is 11.8. The molecule has 1 unspecified atom stereocenters. The van der Waals surface area contributed by atoms with Crippen molar-refractivity contribution in [1.29, 1.82) is 0 Å². The number of aliphatic hydroxyl groups is 1. The summed E-state index contributed by atoms with van der Waals surface area (Å²) in [6.45, 7) is 5.45. The van der Waals surface area contributed by atoms with E-state index in [4.69, 9.17) is 5.11 Å². The predicted octanol–water partition coefficient (Wildman–Crippen LogP) is 0.358. The SMILES string of the molecule is CCC(C)NCC(=O)N1CCC[C@H]1CO. The van der Waals surface area contributed by atoms with Gasteiger partial charge in [-0.1, -0.05) is 6.92 Å². The van der Waals surface area contributed by atoms with Crippen molar-refractivity contribution in [2.75, 3.05) is 19.7 Å². The lowest BCUT2D eigenvalue weighted by molar-refractivity contribution is -0.131. The van der Waals surface area contributed by atoms with E-state index >= 15 is 0 Å². The van der Waals surface area contributed by atoms with Crippen molar-refractivity contribution < 1.29 is 9.90 Å². The average molecular weight is 214 g/mol. The summed E-state index contributed by atoms with van der Waals surface area (Å²) in [5.41, 5.74) is 0. The highest BCUT2D eigenvalue weighted by Gasteiger charge is 2.27. The minimum absolute atomic E-state index is 0.0521. The van der Waals surface area contributed by atoms with E-state index in [0.717, 1.165) is 25.8 Å². The summed E-state index contributed by atoms with van der Waals surface area (Å²) in [6.07, 6.45) is 2.97. The monoisotopic (exact) mass is 214 g/mol. The molecule has 0 aromatic heterocycles. The Morgan fingerprint density at radius 1 is 1.67 bits per heavy atom. The van der Waals surface area contributed by atoms with Crippen LogP contribution in [-0.2, 0) is 4.79 Å². The number of nitrogens with zero attached hydrogens (tertiary/aromatic N) is 1. The maximum atomic E-state index is 11.8. The van der Waals surface area contributed by atoms with Gasteiger partial charge in [-0.05, 0) is 26.2 Å². The lowest BCUT2D eigenvalue weighted by Gasteiger charge is -2.24. The molecule has 1 aliphatic rings. The first-order chi connectivity index (χ1) is 7.19. The number of nitrogens with one attached hydrogen (secondary N) is 1. The van der Waals surface area contributed by atoms with Crippen molar-refractivity contribution in [1.82, 2.24) is 10.2 Å². The minimum atomic E-state index is 0.0521. The second-order valence-corrected chi connectivity index (χ2v) is 4.26. The molecule has 1 saturated heterocycles. The van der Waals surface area contributed by atoms with Gasteiger partial charge < -0.3 is 15.3 Å². The van der Waals surface area contributed by atoms with Gasteiger partial charge in [0.15, 0.2) is 0 Å². The van der Waals surface area contributed by atoms with Crippen LogP contribution in [0.5, 0.6) is 0 Å². The molecule has 0 aromatic rings. The van der Waals surface area contributed by atoms with Gasteiger partial charge in [0.2, 0.25) is 5.91 Å². The largest absolute Gasteiger partial charge is 0.394 e. The summed E-state index contributed by atoms with van der Waals surface area (Å²) in [5.74, 6) is 0.117. The quantitative estimate of drug-likeness (QED) is 0.694. The molecule has 15 heavy (non-hydrogen) atoms.